The smallest absolute Gasteiger partial charge is 0.220 e. The van der Waals surface area contributed by atoms with Crippen molar-refractivity contribution in [1.82, 2.24) is 15.1 Å². The summed E-state index contributed by atoms with van der Waals surface area (Å²) in [6.45, 7) is 4.08. The molecule has 2 heterocycles. The average molecular weight is 301 g/mol. The van der Waals surface area contributed by atoms with E-state index in [9.17, 15) is 4.79 Å². The number of ether oxygens (including phenoxy) is 1. The zero-order chi connectivity index (χ0) is 15.5. The van der Waals surface area contributed by atoms with Crippen molar-refractivity contribution in [1.29, 1.82) is 0 Å². The largest absolute Gasteiger partial charge is 0.381 e. The molecule has 1 aromatic heterocycles. The zero-order valence-electron chi connectivity index (χ0n) is 13.3. The van der Waals surface area contributed by atoms with Crippen LogP contribution >= 0.6 is 0 Å². The van der Waals surface area contributed by atoms with Crippen molar-refractivity contribution in [3.8, 4) is 0 Å². The van der Waals surface area contributed by atoms with Crippen LogP contribution in [0.15, 0.2) is 18.2 Å². The summed E-state index contributed by atoms with van der Waals surface area (Å²) in [5, 5.41) is 8.64. The SMILES string of the molecule is Cc1ccc2c(c1)c(CNC(=O)C[C@@H]1CCCOC1)nn2C. The first-order valence-electron chi connectivity index (χ1n) is 7.90. The highest BCUT2D eigenvalue weighted by Gasteiger charge is 2.18. The van der Waals surface area contributed by atoms with Crippen LogP contribution in [0, 0.1) is 12.8 Å². The van der Waals surface area contributed by atoms with E-state index in [-0.39, 0.29) is 5.91 Å². The zero-order valence-corrected chi connectivity index (χ0v) is 13.3. The van der Waals surface area contributed by atoms with Crippen LogP contribution in [0.2, 0.25) is 0 Å². The molecule has 1 aromatic carbocycles. The highest BCUT2D eigenvalue weighted by Crippen LogP contribution is 2.20. The summed E-state index contributed by atoms with van der Waals surface area (Å²) in [6, 6.07) is 6.27. The minimum Gasteiger partial charge on any atom is -0.381 e. The van der Waals surface area contributed by atoms with Gasteiger partial charge in [-0.1, -0.05) is 11.6 Å². The van der Waals surface area contributed by atoms with Crippen molar-refractivity contribution < 1.29 is 9.53 Å². The lowest BCUT2D eigenvalue weighted by Crippen LogP contribution is -2.28. The lowest BCUT2D eigenvalue weighted by Gasteiger charge is -2.21. The Hall–Kier alpha value is -1.88. The molecule has 0 unspecified atom stereocenters. The number of nitrogens with zero attached hydrogens (tertiary/aromatic N) is 2. The Bertz CT molecular complexity index is 672. The molecule has 2 aromatic rings. The summed E-state index contributed by atoms with van der Waals surface area (Å²) in [7, 11) is 1.93. The van der Waals surface area contributed by atoms with E-state index >= 15 is 0 Å². The number of nitrogens with one attached hydrogen (secondary N) is 1. The van der Waals surface area contributed by atoms with Crippen LogP contribution in [0.5, 0.6) is 0 Å². The number of amides is 1. The summed E-state index contributed by atoms with van der Waals surface area (Å²) >= 11 is 0. The molecule has 5 nitrogen and oxygen atoms in total. The van der Waals surface area contributed by atoms with Gasteiger partial charge in [0.15, 0.2) is 0 Å². The van der Waals surface area contributed by atoms with Gasteiger partial charge in [-0.15, -0.1) is 0 Å². The second kappa shape index (κ2) is 6.48. The third-order valence-corrected chi connectivity index (χ3v) is 4.26. The second-order valence-electron chi connectivity index (χ2n) is 6.15. The summed E-state index contributed by atoms with van der Waals surface area (Å²) in [5.41, 5.74) is 3.22. The highest BCUT2D eigenvalue weighted by molar-refractivity contribution is 5.83. The van der Waals surface area contributed by atoms with Crippen LogP contribution in [0.3, 0.4) is 0 Å². The molecule has 0 aliphatic carbocycles. The van der Waals surface area contributed by atoms with E-state index in [0.717, 1.165) is 36.0 Å². The molecule has 1 saturated heterocycles. The van der Waals surface area contributed by atoms with Gasteiger partial charge in [0.1, 0.15) is 0 Å². The van der Waals surface area contributed by atoms with Crippen LogP contribution in [0.25, 0.3) is 10.9 Å². The normalized spacial score (nSPS) is 18.5. The number of hydrogen-bond acceptors (Lipinski definition) is 3. The summed E-state index contributed by atoms with van der Waals surface area (Å²) < 4.78 is 7.29. The van der Waals surface area contributed by atoms with Gasteiger partial charge in [-0.3, -0.25) is 9.48 Å². The van der Waals surface area contributed by atoms with Crippen LogP contribution < -0.4 is 5.32 Å². The Morgan fingerprint density at radius 1 is 1.50 bits per heavy atom. The lowest BCUT2D eigenvalue weighted by molar-refractivity contribution is -0.123. The van der Waals surface area contributed by atoms with E-state index in [1.54, 1.807) is 0 Å². The molecule has 1 aliphatic rings. The first kappa shape index (κ1) is 15.0. The van der Waals surface area contributed by atoms with Crippen LogP contribution in [-0.2, 0) is 23.1 Å². The average Bonchev–Trinajstić information content (AvgIpc) is 2.82. The standard InChI is InChI=1S/C17H23N3O2/c1-12-5-6-16-14(8-12)15(19-20(16)2)10-18-17(21)9-13-4-3-7-22-11-13/h5-6,8,13H,3-4,7,9-11H2,1-2H3,(H,18,21)/t13-/m0/s1. The van der Waals surface area contributed by atoms with E-state index in [2.05, 4.69) is 35.5 Å². The van der Waals surface area contributed by atoms with Crippen molar-refractivity contribution in [2.24, 2.45) is 13.0 Å². The van der Waals surface area contributed by atoms with E-state index in [4.69, 9.17) is 4.74 Å². The number of carbonyl (C=O) groups is 1. The maximum atomic E-state index is 12.1. The topological polar surface area (TPSA) is 56.1 Å². The predicted octanol–water partition coefficient (Wildman–Crippen LogP) is 2.31. The number of aryl methyl sites for hydroxylation is 2. The lowest BCUT2D eigenvalue weighted by atomic mass is 9.98. The van der Waals surface area contributed by atoms with E-state index < -0.39 is 0 Å². The van der Waals surface area contributed by atoms with Gasteiger partial charge in [-0.25, -0.2) is 0 Å². The second-order valence-corrected chi connectivity index (χ2v) is 6.15. The Morgan fingerprint density at radius 3 is 3.14 bits per heavy atom. The molecule has 0 radical (unpaired) electrons. The van der Waals surface area contributed by atoms with Crippen molar-refractivity contribution >= 4 is 16.8 Å². The maximum Gasteiger partial charge on any atom is 0.220 e. The van der Waals surface area contributed by atoms with Crippen molar-refractivity contribution in [3.63, 3.8) is 0 Å². The first-order valence-corrected chi connectivity index (χ1v) is 7.90. The number of benzene rings is 1. The number of carbonyl (C=O) groups excluding carboxylic acids is 1. The fourth-order valence-corrected chi connectivity index (χ4v) is 3.07. The van der Waals surface area contributed by atoms with Crippen LogP contribution in [0.1, 0.15) is 30.5 Å². The summed E-state index contributed by atoms with van der Waals surface area (Å²) in [4.78, 5) is 12.1. The first-order chi connectivity index (χ1) is 10.6. The Kier molecular flexibility index (Phi) is 4.43. The van der Waals surface area contributed by atoms with Crippen molar-refractivity contribution in [3.05, 3.63) is 29.5 Å². The molecule has 1 N–H and O–H groups in total. The third kappa shape index (κ3) is 3.30. The van der Waals surface area contributed by atoms with Gasteiger partial charge >= 0.3 is 0 Å². The fraction of sp³-hybridized carbons (Fsp3) is 0.529. The summed E-state index contributed by atoms with van der Waals surface area (Å²) in [5.74, 6) is 0.443. The third-order valence-electron chi connectivity index (χ3n) is 4.26. The van der Waals surface area contributed by atoms with Gasteiger partial charge in [0.25, 0.3) is 0 Å². The molecule has 118 valence electrons. The van der Waals surface area contributed by atoms with Gasteiger partial charge in [0.05, 0.1) is 17.8 Å². The molecular weight excluding hydrogens is 278 g/mol. The van der Waals surface area contributed by atoms with Gasteiger partial charge in [-0.2, -0.15) is 5.10 Å². The van der Waals surface area contributed by atoms with Crippen LogP contribution in [0.4, 0.5) is 0 Å². The Labute approximate surface area is 130 Å². The summed E-state index contributed by atoms with van der Waals surface area (Å²) in [6.07, 6.45) is 2.69. The minimum atomic E-state index is 0.0851. The molecule has 1 amide bonds. The molecule has 22 heavy (non-hydrogen) atoms. The number of fused-ring (bicyclic) bond motifs is 1. The van der Waals surface area contributed by atoms with Crippen molar-refractivity contribution in [2.75, 3.05) is 13.2 Å². The Morgan fingerprint density at radius 2 is 2.36 bits per heavy atom. The molecule has 1 aliphatic heterocycles. The molecule has 0 spiro atoms. The van der Waals surface area contributed by atoms with E-state index in [1.165, 1.54) is 5.56 Å². The van der Waals surface area contributed by atoms with Gasteiger partial charge in [0.2, 0.25) is 5.91 Å². The number of hydrogen-bond donors (Lipinski definition) is 1. The van der Waals surface area contributed by atoms with E-state index in [0.29, 0.717) is 25.5 Å². The molecule has 0 saturated carbocycles. The predicted molar refractivity (Wildman–Crippen MR) is 85.5 cm³/mol. The van der Waals surface area contributed by atoms with E-state index in [1.807, 2.05) is 11.7 Å². The monoisotopic (exact) mass is 301 g/mol. The molecule has 3 rings (SSSR count). The fourth-order valence-electron chi connectivity index (χ4n) is 3.07. The number of rotatable bonds is 4. The van der Waals surface area contributed by atoms with Gasteiger partial charge < -0.3 is 10.1 Å². The minimum absolute atomic E-state index is 0.0851. The van der Waals surface area contributed by atoms with Crippen molar-refractivity contribution in [2.45, 2.75) is 32.7 Å². The molecule has 5 heteroatoms. The molecule has 1 fully saturated rings. The number of aromatic nitrogens is 2. The quantitative estimate of drug-likeness (QED) is 0.943. The molecule has 0 bridgehead atoms. The Balaban J connectivity index is 1.63. The molecular formula is C17H23N3O2. The highest BCUT2D eigenvalue weighted by atomic mass is 16.5. The van der Waals surface area contributed by atoms with Gasteiger partial charge in [-0.05, 0) is 37.8 Å². The molecule has 1 atom stereocenters. The van der Waals surface area contributed by atoms with Gasteiger partial charge in [0, 0.05) is 32.1 Å². The maximum absolute atomic E-state index is 12.1. The van der Waals surface area contributed by atoms with Crippen LogP contribution in [-0.4, -0.2) is 28.9 Å².